The van der Waals surface area contributed by atoms with Crippen molar-refractivity contribution in [1.82, 2.24) is 9.61 Å². The summed E-state index contributed by atoms with van der Waals surface area (Å²) in [5.41, 5.74) is 3.19. The highest BCUT2D eigenvalue weighted by Gasteiger charge is 2.07. The summed E-state index contributed by atoms with van der Waals surface area (Å²) in [6, 6.07) is 4.17. The predicted octanol–water partition coefficient (Wildman–Crippen LogP) is 2.29. The first-order valence-corrected chi connectivity index (χ1v) is 6.91. The average molecular weight is 251 g/mol. The molecule has 0 fully saturated rings. The Hall–Kier alpha value is -1.36. The Balaban J connectivity index is 2.39. The van der Waals surface area contributed by atoms with Crippen molar-refractivity contribution in [2.45, 2.75) is 6.42 Å². The highest BCUT2D eigenvalue weighted by atomic mass is 32.2. The van der Waals surface area contributed by atoms with Gasteiger partial charge in [0.25, 0.3) is 0 Å². The van der Waals surface area contributed by atoms with Gasteiger partial charge < -0.3 is 10.1 Å². The van der Waals surface area contributed by atoms with Crippen molar-refractivity contribution in [2.75, 3.05) is 31.5 Å². The average Bonchev–Trinajstić information content (AvgIpc) is 2.76. The number of anilines is 1. The van der Waals surface area contributed by atoms with Gasteiger partial charge >= 0.3 is 0 Å². The lowest BCUT2D eigenvalue weighted by Crippen LogP contribution is -1.97. The van der Waals surface area contributed by atoms with Crippen molar-refractivity contribution in [1.29, 1.82) is 0 Å². The summed E-state index contributed by atoms with van der Waals surface area (Å²) in [6.45, 7) is 0. The first kappa shape index (κ1) is 12.1. The first-order chi connectivity index (χ1) is 8.28. The van der Waals surface area contributed by atoms with Gasteiger partial charge in [0.05, 0.1) is 30.2 Å². The summed E-state index contributed by atoms with van der Waals surface area (Å²) in [5.74, 6) is 1.90. The van der Waals surface area contributed by atoms with Crippen LogP contribution in [0.5, 0.6) is 5.75 Å². The van der Waals surface area contributed by atoms with Gasteiger partial charge in [-0.2, -0.15) is 16.9 Å². The van der Waals surface area contributed by atoms with Crippen molar-refractivity contribution in [3.8, 4) is 5.75 Å². The van der Waals surface area contributed by atoms with Crippen LogP contribution in [0.2, 0.25) is 0 Å². The summed E-state index contributed by atoms with van der Waals surface area (Å²) in [4.78, 5) is 0. The van der Waals surface area contributed by atoms with Crippen LogP contribution in [0.4, 0.5) is 5.69 Å². The van der Waals surface area contributed by atoms with E-state index >= 15 is 0 Å². The maximum Gasteiger partial charge on any atom is 0.160 e. The van der Waals surface area contributed by atoms with Crippen molar-refractivity contribution < 1.29 is 4.74 Å². The van der Waals surface area contributed by atoms with Gasteiger partial charge in [0, 0.05) is 13.5 Å². The summed E-state index contributed by atoms with van der Waals surface area (Å²) in [5, 5.41) is 7.65. The fourth-order valence-electron chi connectivity index (χ4n) is 1.76. The van der Waals surface area contributed by atoms with E-state index in [9.17, 15) is 0 Å². The largest absolute Gasteiger partial charge is 0.493 e. The van der Waals surface area contributed by atoms with E-state index in [2.05, 4.69) is 28.8 Å². The third-order valence-electron chi connectivity index (χ3n) is 2.66. The molecule has 2 rings (SSSR count). The maximum absolute atomic E-state index is 5.31. The van der Waals surface area contributed by atoms with Crippen LogP contribution in [0.15, 0.2) is 18.3 Å². The van der Waals surface area contributed by atoms with Crippen LogP contribution in [0.25, 0.3) is 5.52 Å². The highest BCUT2D eigenvalue weighted by Crippen LogP contribution is 2.25. The molecule has 0 saturated heterocycles. The van der Waals surface area contributed by atoms with Crippen molar-refractivity contribution in [3.05, 3.63) is 24.0 Å². The molecule has 5 heteroatoms. The van der Waals surface area contributed by atoms with Gasteiger partial charge in [-0.15, -0.1) is 0 Å². The SMILES string of the molecule is CNc1cc2cc(CCSC)nn2cc1OC. The van der Waals surface area contributed by atoms with Gasteiger partial charge in [0.2, 0.25) is 0 Å². The highest BCUT2D eigenvalue weighted by molar-refractivity contribution is 7.98. The molecule has 2 heterocycles. The number of hydrogen-bond acceptors (Lipinski definition) is 4. The molecule has 4 nitrogen and oxygen atoms in total. The molecule has 0 aliphatic heterocycles. The summed E-state index contributed by atoms with van der Waals surface area (Å²) in [7, 11) is 3.56. The van der Waals surface area contributed by atoms with Gasteiger partial charge in [-0.1, -0.05) is 0 Å². The molecule has 92 valence electrons. The molecule has 2 aromatic rings. The van der Waals surface area contributed by atoms with Crippen molar-refractivity contribution in [3.63, 3.8) is 0 Å². The minimum absolute atomic E-state index is 0.805. The number of nitrogens with zero attached hydrogens (tertiary/aromatic N) is 2. The zero-order valence-corrected chi connectivity index (χ0v) is 11.2. The van der Waals surface area contributed by atoms with E-state index in [1.54, 1.807) is 7.11 Å². The maximum atomic E-state index is 5.31. The molecular formula is C12H17N3OS. The number of hydrogen-bond donors (Lipinski definition) is 1. The summed E-state index contributed by atoms with van der Waals surface area (Å²) >= 11 is 1.84. The van der Waals surface area contributed by atoms with E-state index in [4.69, 9.17) is 4.74 Å². The zero-order valence-electron chi connectivity index (χ0n) is 10.4. The number of aromatic nitrogens is 2. The molecule has 0 unspecified atom stereocenters. The molecule has 0 atom stereocenters. The molecule has 0 aromatic carbocycles. The van der Waals surface area contributed by atoms with Crippen LogP contribution in [-0.2, 0) is 6.42 Å². The third kappa shape index (κ3) is 2.49. The van der Waals surface area contributed by atoms with Gasteiger partial charge in [-0.25, -0.2) is 4.52 Å². The topological polar surface area (TPSA) is 38.6 Å². The summed E-state index contributed by atoms with van der Waals surface area (Å²) in [6.07, 6.45) is 5.02. The summed E-state index contributed by atoms with van der Waals surface area (Å²) < 4.78 is 7.18. The van der Waals surface area contributed by atoms with Crippen LogP contribution in [0.1, 0.15) is 5.69 Å². The Morgan fingerprint density at radius 2 is 2.29 bits per heavy atom. The normalized spacial score (nSPS) is 10.8. The number of thioether (sulfide) groups is 1. The minimum Gasteiger partial charge on any atom is -0.493 e. The molecular weight excluding hydrogens is 234 g/mol. The predicted molar refractivity (Wildman–Crippen MR) is 73.4 cm³/mol. The standard InChI is InChI=1S/C12H17N3OS/c1-13-11-7-10-6-9(4-5-17-3)14-15(10)8-12(11)16-2/h6-8,13H,4-5H2,1-3H3. The lowest BCUT2D eigenvalue weighted by Gasteiger charge is -2.07. The van der Waals surface area contributed by atoms with E-state index in [0.717, 1.165) is 34.8 Å². The smallest absolute Gasteiger partial charge is 0.160 e. The number of rotatable bonds is 5. The quantitative estimate of drug-likeness (QED) is 0.885. The molecule has 1 N–H and O–H groups in total. The van der Waals surface area contributed by atoms with Crippen LogP contribution in [0.3, 0.4) is 0 Å². The lowest BCUT2D eigenvalue weighted by molar-refractivity contribution is 0.413. The number of fused-ring (bicyclic) bond motifs is 1. The van der Waals surface area contributed by atoms with Gasteiger partial charge in [-0.3, -0.25) is 0 Å². The lowest BCUT2D eigenvalue weighted by atomic mass is 10.3. The van der Waals surface area contributed by atoms with Crippen LogP contribution < -0.4 is 10.1 Å². The monoisotopic (exact) mass is 251 g/mol. The third-order valence-corrected chi connectivity index (χ3v) is 3.28. The number of methoxy groups -OCH3 is 1. The first-order valence-electron chi connectivity index (χ1n) is 5.51. The number of ether oxygens (including phenoxy) is 1. The molecule has 2 aromatic heterocycles. The number of aryl methyl sites for hydroxylation is 1. The van der Waals surface area contributed by atoms with E-state index in [1.807, 2.05) is 29.5 Å². The van der Waals surface area contributed by atoms with Crippen LogP contribution in [0, 0.1) is 0 Å². The molecule has 0 aliphatic carbocycles. The van der Waals surface area contributed by atoms with Crippen molar-refractivity contribution in [2.24, 2.45) is 0 Å². The fourth-order valence-corrected chi connectivity index (χ4v) is 2.17. The zero-order chi connectivity index (χ0) is 12.3. The fraction of sp³-hybridized carbons (Fsp3) is 0.417. The molecule has 0 saturated carbocycles. The molecule has 0 aliphatic rings. The molecule has 17 heavy (non-hydrogen) atoms. The molecule has 0 bridgehead atoms. The number of pyridine rings is 1. The van der Waals surface area contributed by atoms with Gasteiger partial charge in [0.15, 0.2) is 5.75 Å². The second-order valence-corrected chi connectivity index (χ2v) is 4.74. The van der Waals surface area contributed by atoms with Gasteiger partial charge in [-0.05, 0) is 24.1 Å². The second kappa shape index (κ2) is 5.31. The van der Waals surface area contributed by atoms with Crippen LogP contribution in [-0.4, -0.2) is 35.8 Å². The Morgan fingerprint density at radius 1 is 1.47 bits per heavy atom. The molecule has 0 amide bonds. The second-order valence-electron chi connectivity index (χ2n) is 3.75. The Bertz CT molecular complexity index is 469. The van der Waals surface area contributed by atoms with E-state index in [1.165, 1.54) is 0 Å². The minimum atomic E-state index is 0.805. The molecule has 0 radical (unpaired) electrons. The van der Waals surface area contributed by atoms with E-state index < -0.39 is 0 Å². The number of nitrogens with one attached hydrogen (secondary N) is 1. The van der Waals surface area contributed by atoms with E-state index in [0.29, 0.717) is 0 Å². The Labute approximate surface area is 105 Å². The Kier molecular flexibility index (Phi) is 3.78. The van der Waals surface area contributed by atoms with E-state index in [-0.39, 0.29) is 0 Å². The van der Waals surface area contributed by atoms with Crippen LogP contribution >= 0.6 is 11.8 Å². The molecule has 0 spiro atoms. The Morgan fingerprint density at radius 3 is 2.94 bits per heavy atom. The van der Waals surface area contributed by atoms with Gasteiger partial charge in [0.1, 0.15) is 0 Å². The van der Waals surface area contributed by atoms with Crippen molar-refractivity contribution >= 4 is 23.0 Å².